The van der Waals surface area contributed by atoms with Crippen LogP contribution in [0.25, 0.3) is 0 Å². The summed E-state index contributed by atoms with van der Waals surface area (Å²) in [5.74, 6) is -0.308. The molecule has 3 N–H and O–H groups in total. The zero-order valence-corrected chi connectivity index (χ0v) is 9.73. The van der Waals surface area contributed by atoms with Crippen LogP contribution in [0.4, 0.5) is 10.1 Å². The van der Waals surface area contributed by atoms with E-state index in [-0.39, 0.29) is 5.82 Å². The summed E-state index contributed by atoms with van der Waals surface area (Å²) < 4.78 is 19.1. The molecule has 86 valence electrons. The van der Waals surface area contributed by atoms with Crippen LogP contribution in [0.15, 0.2) is 18.2 Å². The van der Waals surface area contributed by atoms with Crippen LogP contribution in [0.5, 0.6) is 0 Å². The maximum Gasteiger partial charge on any atom is 0.128 e. The lowest BCUT2D eigenvalue weighted by atomic mass is 9.91. The molecule has 1 aromatic carbocycles. The van der Waals surface area contributed by atoms with Crippen molar-refractivity contribution in [3.8, 4) is 0 Å². The van der Waals surface area contributed by atoms with Gasteiger partial charge in [0, 0.05) is 11.3 Å². The molecule has 2 rings (SSSR count). The van der Waals surface area contributed by atoms with Gasteiger partial charge >= 0.3 is 0 Å². The average Bonchev–Trinajstić information content (AvgIpc) is 2.21. The van der Waals surface area contributed by atoms with Crippen molar-refractivity contribution < 1.29 is 9.13 Å². The molecule has 0 spiro atoms. The Morgan fingerprint density at radius 1 is 1.56 bits per heavy atom. The first-order valence-electron chi connectivity index (χ1n) is 4.95. The van der Waals surface area contributed by atoms with Gasteiger partial charge in [-0.2, -0.15) is 0 Å². The van der Waals surface area contributed by atoms with Crippen molar-refractivity contribution in [1.82, 2.24) is 5.32 Å². The van der Waals surface area contributed by atoms with Crippen molar-refractivity contribution in [3.63, 3.8) is 0 Å². The number of halogens is 1. The van der Waals surface area contributed by atoms with Gasteiger partial charge in [-0.15, -0.1) is 0 Å². The van der Waals surface area contributed by atoms with Crippen LogP contribution in [0.2, 0.25) is 0 Å². The lowest BCUT2D eigenvalue weighted by Crippen LogP contribution is -2.52. The monoisotopic (exact) mass is 240 g/mol. The molecule has 1 saturated heterocycles. The Hall–Kier alpha value is -1.20. The Kier molecular flexibility index (Phi) is 2.82. The van der Waals surface area contributed by atoms with Gasteiger partial charge in [0.15, 0.2) is 0 Å². The Morgan fingerprint density at radius 3 is 3.00 bits per heavy atom. The molecule has 1 aliphatic rings. The molecule has 0 saturated carbocycles. The number of benzene rings is 1. The Balaban J connectivity index is 2.41. The highest BCUT2D eigenvalue weighted by atomic mass is 32.1. The summed E-state index contributed by atoms with van der Waals surface area (Å²) in [6.07, 6.45) is 0. The highest BCUT2D eigenvalue weighted by molar-refractivity contribution is 7.80. The van der Waals surface area contributed by atoms with Gasteiger partial charge in [-0.3, -0.25) is 0 Å². The van der Waals surface area contributed by atoms with E-state index in [2.05, 4.69) is 5.32 Å². The number of ether oxygens (including phenoxy) is 1. The predicted molar refractivity (Wildman–Crippen MR) is 64.7 cm³/mol. The predicted octanol–water partition coefficient (Wildman–Crippen LogP) is 1.57. The average molecular weight is 240 g/mol. The number of morpholine rings is 1. The summed E-state index contributed by atoms with van der Waals surface area (Å²) in [6, 6.07) is 4.50. The van der Waals surface area contributed by atoms with E-state index in [1.807, 2.05) is 6.92 Å². The van der Waals surface area contributed by atoms with Gasteiger partial charge in [0.2, 0.25) is 0 Å². The van der Waals surface area contributed by atoms with E-state index < -0.39 is 5.54 Å². The van der Waals surface area contributed by atoms with Gasteiger partial charge in [-0.1, -0.05) is 12.2 Å². The number of nitrogens with two attached hydrogens (primary N) is 1. The van der Waals surface area contributed by atoms with Crippen LogP contribution in [-0.2, 0) is 10.3 Å². The molecule has 1 heterocycles. The molecule has 0 aliphatic carbocycles. The molecule has 1 atom stereocenters. The summed E-state index contributed by atoms with van der Waals surface area (Å²) in [7, 11) is 0. The fourth-order valence-electron chi connectivity index (χ4n) is 1.84. The first-order chi connectivity index (χ1) is 7.51. The van der Waals surface area contributed by atoms with Crippen LogP contribution in [-0.4, -0.2) is 18.2 Å². The third kappa shape index (κ3) is 2.01. The molecular formula is C11H13FN2OS. The summed E-state index contributed by atoms with van der Waals surface area (Å²) in [6.45, 7) is 2.60. The van der Waals surface area contributed by atoms with Crippen LogP contribution < -0.4 is 11.1 Å². The van der Waals surface area contributed by atoms with Gasteiger partial charge in [0.1, 0.15) is 10.8 Å². The Labute approximate surface area is 98.8 Å². The fraction of sp³-hybridized carbons (Fsp3) is 0.364. The fourth-order valence-corrected chi connectivity index (χ4v) is 2.15. The lowest BCUT2D eigenvalue weighted by molar-refractivity contribution is 0.0857. The Bertz CT molecular complexity index is 438. The SMILES string of the molecule is CC1(c2cc(N)ccc2F)COCC(=S)N1. The van der Waals surface area contributed by atoms with Gasteiger partial charge in [0.05, 0.1) is 18.8 Å². The summed E-state index contributed by atoms with van der Waals surface area (Å²) >= 11 is 5.04. The molecule has 1 fully saturated rings. The lowest BCUT2D eigenvalue weighted by Gasteiger charge is -2.36. The van der Waals surface area contributed by atoms with Crippen LogP contribution >= 0.6 is 12.2 Å². The molecule has 5 heteroatoms. The first kappa shape index (κ1) is 11.3. The number of hydrogen-bond acceptors (Lipinski definition) is 3. The van der Waals surface area contributed by atoms with Crippen molar-refractivity contribution in [2.75, 3.05) is 18.9 Å². The second kappa shape index (κ2) is 3.99. The minimum atomic E-state index is -0.644. The van der Waals surface area contributed by atoms with Gasteiger partial charge in [0.25, 0.3) is 0 Å². The van der Waals surface area contributed by atoms with E-state index in [1.165, 1.54) is 12.1 Å². The first-order valence-corrected chi connectivity index (χ1v) is 5.36. The molecule has 3 nitrogen and oxygen atoms in total. The number of nitrogen functional groups attached to an aromatic ring is 1. The van der Waals surface area contributed by atoms with Gasteiger partial charge in [-0.25, -0.2) is 4.39 Å². The number of anilines is 1. The molecule has 0 amide bonds. The van der Waals surface area contributed by atoms with Crippen LogP contribution in [0.3, 0.4) is 0 Å². The molecule has 1 aliphatic heterocycles. The molecule has 0 aromatic heterocycles. The van der Waals surface area contributed by atoms with Crippen LogP contribution in [0.1, 0.15) is 12.5 Å². The maximum atomic E-state index is 13.7. The minimum Gasteiger partial charge on any atom is -0.399 e. The molecule has 1 aromatic rings. The van der Waals surface area contributed by atoms with E-state index in [0.29, 0.717) is 29.5 Å². The Morgan fingerprint density at radius 2 is 2.31 bits per heavy atom. The van der Waals surface area contributed by atoms with Crippen molar-refractivity contribution in [2.45, 2.75) is 12.5 Å². The molecule has 0 radical (unpaired) electrons. The zero-order chi connectivity index (χ0) is 11.8. The highest BCUT2D eigenvalue weighted by Crippen LogP contribution is 2.27. The molecule has 0 bridgehead atoms. The highest BCUT2D eigenvalue weighted by Gasteiger charge is 2.33. The number of thiocarbonyl (C=S) groups is 1. The standard InChI is InChI=1S/C11H13FN2OS/c1-11(6-15-5-10(16)14-11)8-4-7(13)2-3-9(8)12/h2-4H,5-6,13H2,1H3,(H,14,16). The third-order valence-electron chi connectivity index (χ3n) is 2.62. The second-order valence-electron chi connectivity index (χ2n) is 4.11. The van der Waals surface area contributed by atoms with Crippen molar-refractivity contribution in [2.24, 2.45) is 0 Å². The summed E-state index contributed by atoms with van der Waals surface area (Å²) in [4.78, 5) is 0.579. The second-order valence-corrected chi connectivity index (χ2v) is 4.61. The zero-order valence-electron chi connectivity index (χ0n) is 8.92. The number of hydrogen-bond donors (Lipinski definition) is 2. The summed E-state index contributed by atoms with van der Waals surface area (Å²) in [5.41, 5.74) is 6.02. The van der Waals surface area contributed by atoms with Crippen molar-refractivity contribution in [3.05, 3.63) is 29.6 Å². The normalized spacial score (nSPS) is 25.2. The van der Waals surface area contributed by atoms with Crippen molar-refractivity contribution >= 4 is 22.9 Å². The van der Waals surface area contributed by atoms with Gasteiger partial charge in [-0.05, 0) is 25.1 Å². The largest absolute Gasteiger partial charge is 0.399 e. The van der Waals surface area contributed by atoms with E-state index >= 15 is 0 Å². The van der Waals surface area contributed by atoms with Gasteiger partial charge < -0.3 is 15.8 Å². The molecule has 16 heavy (non-hydrogen) atoms. The summed E-state index contributed by atoms with van der Waals surface area (Å²) in [5, 5.41) is 3.09. The minimum absolute atomic E-state index is 0.308. The third-order valence-corrected chi connectivity index (χ3v) is 2.84. The molecular weight excluding hydrogens is 227 g/mol. The van der Waals surface area contributed by atoms with Crippen molar-refractivity contribution in [1.29, 1.82) is 0 Å². The number of nitrogens with one attached hydrogen (secondary N) is 1. The topological polar surface area (TPSA) is 47.3 Å². The smallest absolute Gasteiger partial charge is 0.128 e. The molecule has 1 unspecified atom stereocenters. The van der Waals surface area contributed by atoms with E-state index in [9.17, 15) is 4.39 Å². The maximum absolute atomic E-state index is 13.7. The van der Waals surface area contributed by atoms with E-state index in [4.69, 9.17) is 22.7 Å². The van der Waals surface area contributed by atoms with Crippen LogP contribution in [0, 0.1) is 5.82 Å². The van der Waals surface area contributed by atoms with E-state index in [1.54, 1.807) is 6.07 Å². The quantitative estimate of drug-likeness (QED) is 0.578. The van der Waals surface area contributed by atoms with E-state index in [0.717, 1.165) is 0 Å². The number of rotatable bonds is 1.